The molecule has 0 unspecified atom stereocenters. The molecule has 62 valence electrons. The van der Waals surface area contributed by atoms with Gasteiger partial charge in [0.15, 0.2) is 0 Å². The van der Waals surface area contributed by atoms with Crippen molar-refractivity contribution in [1.29, 1.82) is 0 Å². The molecule has 4 nitrogen and oxygen atoms in total. The van der Waals surface area contributed by atoms with Gasteiger partial charge in [0.25, 0.3) is 0 Å². The summed E-state index contributed by atoms with van der Waals surface area (Å²) in [4.78, 5) is 3.23. The van der Waals surface area contributed by atoms with Gasteiger partial charge in [-0.3, -0.25) is 0 Å². The number of hydrogen-bond donors (Lipinski definition) is 1. The fourth-order valence-electron chi connectivity index (χ4n) is 1.10. The highest BCUT2D eigenvalue weighted by Crippen LogP contribution is 2.05. The normalized spacial score (nSPS) is 10.4. The first-order valence-electron chi connectivity index (χ1n) is 3.94. The summed E-state index contributed by atoms with van der Waals surface area (Å²) in [6, 6.07) is 4.05. The molecule has 0 saturated heterocycles. The highest BCUT2D eigenvalue weighted by atomic mass is 15.4. The molecule has 0 saturated carbocycles. The Labute approximate surface area is 70.2 Å². The van der Waals surface area contributed by atoms with Crippen LogP contribution in [-0.4, -0.2) is 20.0 Å². The lowest BCUT2D eigenvalue weighted by atomic mass is 10.3. The monoisotopic (exact) mass is 162 g/mol. The Bertz CT molecular complexity index is 347. The van der Waals surface area contributed by atoms with Gasteiger partial charge < -0.3 is 4.98 Å². The highest BCUT2D eigenvalue weighted by molar-refractivity contribution is 5.24. The molecule has 0 atom stereocenters. The van der Waals surface area contributed by atoms with Crippen molar-refractivity contribution >= 4 is 0 Å². The van der Waals surface area contributed by atoms with E-state index in [4.69, 9.17) is 0 Å². The fraction of sp³-hybridized carbons (Fsp3) is 0.250. The molecule has 0 amide bonds. The number of nitrogens with zero attached hydrogens (tertiary/aromatic N) is 3. The van der Waals surface area contributed by atoms with Crippen LogP contribution in [0.5, 0.6) is 0 Å². The van der Waals surface area contributed by atoms with E-state index in [2.05, 4.69) is 28.3 Å². The number of rotatable bonds is 2. The van der Waals surface area contributed by atoms with Gasteiger partial charge in [0.1, 0.15) is 5.82 Å². The van der Waals surface area contributed by atoms with Crippen LogP contribution in [0.15, 0.2) is 24.5 Å². The van der Waals surface area contributed by atoms with Gasteiger partial charge in [0, 0.05) is 5.69 Å². The van der Waals surface area contributed by atoms with Crippen LogP contribution in [0.25, 0.3) is 5.82 Å². The van der Waals surface area contributed by atoms with Crippen molar-refractivity contribution in [3.05, 3.63) is 30.2 Å². The van der Waals surface area contributed by atoms with Gasteiger partial charge in [-0.05, 0) is 18.6 Å². The second-order valence-corrected chi connectivity index (χ2v) is 2.57. The zero-order chi connectivity index (χ0) is 8.39. The predicted octanol–water partition coefficient (Wildman–Crippen LogP) is 1.16. The van der Waals surface area contributed by atoms with E-state index in [-0.39, 0.29) is 0 Å². The lowest BCUT2D eigenvalue weighted by molar-refractivity contribution is 0.782. The van der Waals surface area contributed by atoms with Crippen LogP contribution < -0.4 is 0 Å². The zero-order valence-electron chi connectivity index (χ0n) is 6.86. The number of aromatic nitrogens is 4. The number of hydrogen-bond acceptors (Lipinski definition) is 2. The van der Waals surface area contributed by atoms with Gasteiger partial charge >= 0.3 is 0 Å². The molecule has 0 aliphatic carbocycles. The molecule has 4 heteroatoms. The summed E-state index contributed by atoms with van der Waals surface area (Å²) in [6.07, 6.45) is 4.48. The Kier molecular flexibility index (Phi) is 1.66. The lowest BCUT2D eigenvalue weighted by Gasteiger charge is -1.93. The average molecular weight is 162 g/mol. The summed E-state index contributed by atoms with van der Waals surface area (Å²) in [6.45, 7) is 2.11. The Balaban J connectivity index is 2.35. The lowest BCUT2D eigenvalue weighted by Crippen LogP contribution is -1.95. The van der Waals surface area contributed by atoms with E-state index in [1.54, 1.807) is 10.9 Å². The number of aromatic amines is 1. The van der Waals surface area contributed by atoms with E-state index in [0.717, 1.165) is 12.2 Å². The smallest absolute Gasteiger partial charge is 0.133 e. The number of aryl methyl sites for hydroxylation is 1. The van der Waals surface area contributed by atoms with Crippen molar-refractivity contribution in [3.63, 3.8) is 0 Å². The van der Waals surface area contributed by atoms with Crippen LogP contribution in [0.2, 0.25) is 0 Å². The van der Waals surface area contributed by atoms with Gasteiger partial charge in [-0.2, -0.15) is 0 Å². The maximum Gasteiger partial charge on any atom is 0.133 e. The maximum absolute atomic E-state index is 3.87. The van der Waals surface area contributed by atoms with Gasteiger partial charge in [-0.1, -0.05) is 12.1 Å². The van der Waals surface area contributed by atoms with Crippen LogP contribution in [0.1, 0.15) is 12.6 Å². The maximum atomic E-state index is 3.87. The first-order chi connectivity index (χ1) is 5.90. The molecule has 0 spiro atoms. The SMILES string of the molecule is CCc1ccc(-n2ccnn2)[nH]1. The highest BCUT2D eigenvalue weighted by Gasteiger charge is 1.98. The van der Waals surface area contributed by atoms with Crippen molar-refractivity contribution < 1.29 is 0 Å². The van der Waals surface area contributed by atoms with Gasteiger partial charge in [-0.15, -0.1) is 5.10 Å². The summed E-state index contributed by atoms with van der Waals surface area (Å²) >= 11 is 0. The van der Waals surface area contributed by atoms with Gasteiger partial charge in [-0.25, -0.2) is 4.68 Å². The molecule has 0 radical (unpaired) electrons. The second kappa shape index (κ2) is 2.81. The summed E-state index contributed by atoms with van der Waals surface area (Å²) in [5.74, 6) is 0.962. The largest absolute Gasteiger partial charge is 0.344 e. The van der Waals surface area contributed by atoms with Crippen molar-refractivity contribution in [2.45, 2.75) is 13.3 Å². The molecule has 2 heterocycles. The van der Waals surface area contributed by atoms with E-state index in [9.17, 15) is 0 Å². The van der Waals surface area contributed by atoms with E-state index < -0.39 is 0 Å². The average Bonchev–Trinajstić information content (AvgIpc) is 2.75. The van der Waals surface area contributed by atoms with E-state index in [1.165, 1.54) is 5.69 Å². The minimum atomic E-state index is 0.962. The third-order valence-corrected chi connectivity index (χ3v) is 1.78. The van der Waals surface area contributed by atoms with Crippen molar-refractivity contribution in [3.8, 4) is 5.82 Å². The summed E-state index contributed by atoms with van der Waals surface area (Å²) in [7, 11) is 0. The molecule has 1 N–H and O–H groups in total. The van der Waals surface area contributed by atoms with Crippen LogP contribution in [-0.2, 0) is 6.42 Å². The van der Waals surface area contributed by atoms with Crippen molar-refractivity contribution in [2.24, 2.45) is 0 Å². The molecular formula is C8H10N4. The predicted molar refractivity (Wildman–Crippen MR) is 45.1 cm³/mol. The van der Waals surface area contributed by atoms with E-state index >= 15 is 0 Å². The van der Waals surface area contributed by atoms with Crippen LogP contribution in [0.4, 0.5) is 0 Å². The summed E-state index contributed by atoms with van der Waals surface area (Å²) in [5.41, 5.74) is 1.21. The molecule has 0 aromatic carbocycles. The number of nitrogens with one attached hydrogen (secondary N) is 1. The third-order valence-electron chi connectivity index (χ3n) is 1.78. The minimum Gasteiger partial charge on any atom is -0.344 e. The zero-order valence-corrected chi connectivity index (χ0v) is 6.86. The van der Waals surface area contributed by atoms with Gasteiger partial charge in [0.05, 0.1) is 12.4 Å². The summed E-state index contributed by atoms with van der Waals surface area (Å²) < 4.78 is 1.71. The molecule has 2 rings (SSSR count). The molecule has 0 aliphatic rings. The molecule has 2 aromatic rings. The van der Waals surface area contributed by atoms with Crippen molar-refractivity contribution in [2.75, 3.05) is 0 Å². The first-order valence-corrected chi connectivity index (χ1v) is 3.94. The Morgan fingerprint density at radius 2 is 2.42 bits per heavy atom. The number of H-pyrrole nitrogens is 1. The van der Waals surface area contributed by atoms with Crippen LogP contribution in [0.3, 0.4) is 0 Å². The summed E-state index contributed by atoms with van der Waals surface area (Å²) in [5, 5.41) is 7.60. The van der Waals surface area contributed by atoms with E-state index in [1.807, 2.05) is 12.3 Å². The molecule has 12 heavy (non-hydrogen) atoms. The quantitative estimate of drug-likeness (QED) is 0.720. The third kappa shape index (κ3) is 1.11. The van der Waals surface area contributed by atoms with Crippen LogP contribution in [0, 0.1) is 0 Å². The Hall–Kier alpha value is -1.58. The Morgan fingerprint density at radius 3 is 3.00 bits per heavy atom. The van der Waals surface area contributed by atoms with Gasteiger partial charge in [0.2, 0.25) is 0 Å². The first kappa shape index (κ1) is 7.09. The standard InChI is InChI=1S/C8H10N4/c1-2-7-3-4-8(10-7)12-6-5-9-11-12/h3-6,10H,2H2,1H3. The second-order valence-electron chi connectivity index (χ2n) is 2.57. The van der Waals surface area contributed by atoms with Crippen LogP contribution >= 0.6 is 0 Å². The molecule has 0 aliphatic heterocycles. The molecule has 2 aromatic heterocycles. The molecule has 0 fully saturated rings. The fourth-order valence-corrected chi connectivity index (χ4v) is 1.10. The Morgan fingerprint density at radius 1 is 1.50 bits per heavy atom. The minimum absolute atomic E-state index is 0.962. The van der Waals surface area contributed by atoms with E-state index in [0.29, 0.717) is 0 Å². The molecule has 0 bridgehead atoms. The van der Waals surface area contributed by atoms with Crippen molar-refractivity contribution in [1.82, 2.24) is 20.0 Å². The topological polar surface area (TPSA) is 46.5 Å². The molecular weight excluding hydrogens is 152 g/mol.